The highest BCUT2D eigenvalue weighted by Crippen LogP contribution is 2.49. The predicted molar refractivity (Wildman–Crippen MR) is 62.1 cm³/mol. The fourth-order valence-corrected chi connectivity index (χ4v) is 1.75. The lowest BCUT2D eigenvalue weighted by Crippen LogP contribution is -2.28. The summed E-state index contributed by atoms with van der Waals surface area (Å²) in [7, 11) is 0. The number of rotatable bonds is 3. The lowest BCUT2D eigenvalue weighted by Gasteiger charge is -2.19. The topological polar surface area (TPSA) is 65.7 Å². The zero-order valence-electron chi connectivity index (χ0n) is 10.3. The molecule has 5 nitrogen and oxygen atoms in total. The molecule has 18 heavy (non-hydrogen) atoms. The molecule has 2 aromatic rings. The van der Waals surface area contributed by atoms with Crippen LogP contribution in [0.25, 0.3) is 11.2 Å². The van der Waals surface area contributed by atoms with E-state index in [1.54, 1.807) is 13.8 Å². The van der Waals surface area contributed by atoms with Crippen LogP contribution >= 0.6 is 0 Å². The molecule has 0 atom stereocenters. The SMILES string of the molecule is CCC(C)(C)C(=O)Oc1c2c3oc1cc3C(=O)O2. The molecule has 1 aliphatic heterocycles. The van der Waals surface area contributed by atoms with Crippen LogP contribution in [0.15, 0.2) is 10.5 Å². The van der Waals surface area contributed by atoms with Crippen molar-refractivity contribution in [3.8, 4) is 11.5 Å². The second kappa shape index (κ2) is 3.25. The predicted octanol–water partition coefficient (Wildman–Crippen LogP) is 2.74. The maximum Gasteiger partial charge on any atom is 0.347 e. The molecule has 0 fully saturated rings. The van der Waals surface area contributed by atoms with E-state index in [0.29, 0.717) is 23.2 Å². The number of furan rings is 2. The van der Waals surface area contributed by atoms with Gasteiger partial charge >= 0.3 is 11.9 Å². The van der Waals surface area contributed by atoms with Crippen LogP contribution in [-0.2, 0) is 4.79 Å². The van der Waals surface area contributed by atoms with Gasteiger partial charge in [-0.1, -0.05) is 6.92 Å². The number of carbonyl (C=O) groups is 2. The van der Waals surface area contributed by atoms with Crippen LogP contribution in [0, 0.1) is 5.41 Å². The highest BCUT2D eigenvalue weighted by Gasteiger charge is 2.38. The Labute approximate surface area is 103 Å². The van der Waals surface area contributed by atoms with Crippen molar-refractivity contribution in [1.82, 2.24) is 0 Å². The summed E-state index contributed by atoms with van der Waals surface area (Å²) < 4.78 is 15.7. The van der Waals surface area contributed by atoms with Crippen LogP contribution in [0.1, 0.15) is 37.6 Å². The monoisotopic (exact) mass is 248 g/mol. The zero-order valence-corrected chi connectivity index (χ0v) is 10.3. The summed E-state index contributed by atoms with van der Waals surface area (Å²) in [5.74, 6) is -0.385. The Hall–Kier alpha value is -2.04. The minimum atomic E-state index is -0.588. The van der Waals surface area contributed by atoms with Gasteiger partial charge < -0.3 is 13.9 Å². The minimum absolute atomic E-state index is 0.214. The summed E-state index contributed by atoms with van der Waals surface area (Å²) in [4.78, 5) is 23.4. The van der Waals surface area contributed by atoms with E-state index >= 15 is 0 Å². The summed E-state index contributed by atoms with van der Waals surface area (Å²) in [5.41, 5.74) is 0.554. The fraction of sp³-hybridized carbons (Fsp3) is 0.385. The quantitative estimate of drug-likeness (QED) is 0.617. The van der Waals surface area contributed by atoms with Gasteiger partial charge in [0.05, 0.1) is 5.41 Å². The van der Waals surface area contributed by atoms with E-state index in [0.717, 1.165) is 0 Å². The van der Waals surface area contributed by atoms with Gasteiger partial charge in [-0.25, -0.2) is 4.79 Å². The Balaban J connectivity index is 1.95. The standard InChI is InChI=1S/C13H12O5/c1-4-13(2,3)12(15)18-9-7-5-6-8(16-7)10(9)17-11(6)14/h5H,4H2,1-3H3. The van der Waals surface area contributed by atoms with Crippen molar-refractivity contribution in [2.45, 2.75) is 27.2 Å². The summed E-state index contributed by atoms with van der Waals surface area (Å²) in [6.45, 7) is 5.51. The summed E-state index contributed by atoms with van der Waals surface area (Å²) in [5, 5.41) is 0. The van der Waals surface area contributed by atoms with Crippen LogP contribution in [0.2, 0.25) is 0 Å². The first-order valence-corrected chi connectivity index (χ1v) is 5.77. The molecule has 0 radical (unpaired) electrons. The lowest BCUT2D eigenvalue weighted by atomic mass is 9.91. The number of esters is 2. The highest BCUT2D eigenvalue weighted by atomic mass is 16.6. The molecule has 1 aliphatic rings. The molecule has 0 aliphatic carbocycles. The molecular weight excluding hydrogens is 236 g/mol. The van der Waals surface area contributed by atoms with Gasteiger partial charge in [0, 0.05) is 6.07 Å². The molecule has 0 spiro atoms. The smallest absolute Gasteiger partial charge is 0.347 e. The van der Waals surface area contributed by atoms with Crippen LogP contribution in [0.4, 0.5) is 0 Å². The van der Waals surface area contributed by atoms with Gasteiger partial charge in [0.2, 0.25) is 11.5 Å². The van der Waals surface area contributed by atoms with E-state index in [9.17, 15) is 9.59 Å². The van der Waals surface area contributed by atoms with Gasteiger partial charge in [0.25, 0.3) is 0 Å². The molecule has 0 saturated carbocycles. The first kappa shape index (κ1) is 11.1. The zero-order chi connectivity index (χ0) is 13.1. The van der Waals surface area contributed by atoms with Crippen molar-refractivity contribution in [2.24, 2.45) is 5.41 Å². The normalized spacial score (nSPS) is 14.3. The number of hydrogen-bond acceptors (Lipinski definition) is 5. The molecule has 2 bridgehead atoms. The van der Waals surface area contributed by atoms with Gasteiger partial charge in [-0.15, -0.1) is 0 Å². The maximum atomic E-state index is 12.0. The number of benzene rings is 1. The van der Waals surface area contributed by atoms with E-state index in [2.05, 4.69) is 0 Å². The number of carbonyl (C=O) groups excluding carboxylic acids is 2. The van der Waals surface area contributed by atoms with Gasteiger partial charge in [-0.2, -0.15) is 0 Å². The van der Waals surface area contributed by atoms with Gasteiger partial charge in [-0.3, -0.25) is 4.79 Å². The molecule has 5 heteroatoms. The van der Waals surface area contributed by atoms with E-state index in [4.69, 9.17) is 13.9 Å². The molecule has 3 heterocycles. The van der Waals surface area contributed by atoms with E-state index in [1.807, 2.05) is 6.92 Å². The van der Waals surface area contributed by atoms with Crippen molar-refractivity contribution in [2.75, 3.05) is 0 Å². The molecule has 0 saturated heterocycles. The molecule has 0 N–H and O–H groups in total. The third-order valence-corrected chi connectivity index (χ3v) is 3.41. The Kier molecular flexibility index (Phi) is 2.00. The second-order valence-corrected chi connectivity index (χ2v) is 5.03. The average Bonchev–Trinajstić information content (AvgIpc) is 2.93. The Bertz CT molecular complexity index is 649. The fourth-order valence-electron chi connectivity index (χ4n) is 1.75. The van der Waals surface area contributed by atoms with Crippen molar-refractivity contribution in [3.05, 3.63) is 11.6 Å². The van der Waals surface area contributed by atoms with Crippen LogP contribution in [0.3, 0.4) is 0 Å². The number of hydrogen-bond donors (Lipinski definition) is 0. The first-order chi connectivity index (χ1) is 8.44. The molecule has 0 amide bonds. The molecule has 2 aromatic heterocycles. The van der Waals surface area contributed by atoms with Crippen LogP contribution < -0.4 is 9.47 Å². The van der Waals surface area contributed by atoms with Gasteiger partial charge in [-0.05, 0) is 20.3 Å². The average molecular weight is 248 g/mol. The third-order valence-electron chi connectivity index (χ3n) is 3.41. The van der Waals surface area contributed by atoms with Crippen molar-refractivity contribution in [3.63, 3.8) is 0 Å². The Morgan fingerprint density at radius 1 is 1.44 bits per heavy atom. The van der Waals surface area contributed by atoms with E-state index in [1.165, 1.54) is 6.07 Å². The Morgan fingerprint density at radius 2 is 2.17 bits per heavy atom. The minimum Gasteiger partial charge on any atom is -0.448 e. The van der Waals surface area contributed by atoms with Crippen LogP contribution in [0.5, 0.6) is 11.5 Å². The summed E-state index contributed by atoms with van der Waals surface area (Å²) in [6.07, 6.45) is 0.655. The van der Waals surface area contributed by atoms with Crippen molar-refractivity contribution >= 4 is 23.1 Å². The van der Waals surface area contributed by atoms with Crippen molar-refractivity contribution < 1.29 is 23.5 Å². The summed E-state index contributed by atoms with van der Waals surface area (Å²) >= 11 is 0. The van der Waals surface area contributed by atoms with E-state index < -0.39 is 11.4 Å². The molecule has 3 rings (SSSR count). The number of fused-ring (bicyclic) bond motifs is 1. The molecule has 94 valence electrons. The first-order valence-electron chi connectivity index (χ1n) is 5.77. The molecule has 0 unspecified atom stereocenters. The second-order valence-electron chi connectivity index (χ2n) is 5.03. The van der Waals surface area contributed by atoms with Crippen molar-refractivity contribution in [1.29, 1.82) is 0 Å². The van der Waals surface area contributed by atoms with E-state index in [-0.39, 0.29) is 17.5 Å². The van der Waals surface area contributed by atoms with Gasteiger partial charge in [0.1, 0.15) is 5.56 Å². The number of ether oxygens (including phenoxy) is 2. The third kappa shape index (κ3) is 1.27. The molecular formula is C13H12O5. The maximum absolute atomic E-state index is 12.0. The Morgan fingerprint density at radius 3 is 2.83 bits per heavy atom. The largest absolute Gasteiger partial charge is 0.448 e. The lowest BCUT2D eigenvalue weighted by molar-refractivity contribution is -0.144. The highest BCUT2D eigenvalue weighted by molar-refractivity contribution is 6.10. The molecule has 0 aromatic carbocycles. The summed E-state index contributed by atoms with van der Waals surface area (Å²) in [6, 6.07) is 1.54. The van der Waals surface area contributed by atoms with Crippen LogP contribution in [-0.4, -0.2) is 11.9 Å². The van der Waals surface area contributed by atoms with Gasteiger partial charge in [0.15, 0.2) is 11.2 Å².